The SMILES string of the molecule is Cc1c(C(=O)O)nnn1CC(=O)N1CCCCC1C. The van der Waals surface area contributed by atoms with Crippen LogP contribution in [0.2, 0.25) is 0 Å². The van der Waals surface area contributed by atoms with Crippen molar-refractivity contribution in [3.63, 3.8) is 0 Å². The minimum atomic E-state index is -1.12. The average Bonchev–Trinajstić information content (AvgIpc) is 2.71. The van der Waals surface area contributed by atoms with E-state index in [1.165, 1.54) is 4.68 Å². The molecule has 0 saturated carbocycles. The van der Waals surface area contributed by atoms with Crippen molar-refractivity contribution < 1.29 is 14.7 Å². The van der Waals surface area contributed by atoms with Gasteiger partial charge in [-0.1, -0.05) is 5.21 Å². The molecule has 1 aliphatic heterocycles. The van der Waals surface area contributed by atoms with Gasteiger partial charge in [-0.25, -0.2) is 9.48 Å². The number of aromatic nitrogens is 3. The van der Waals surface area contributed by atoms with Gasteiger partial charge < -0.3 is 10.0 Å². The number of piperidine rings is 1. The Kier molecular flexibility index (Phi) is 3.82. The summed E-state index contributed by atoms with van der Waals surface area (Å²) in [7, 11) is 0. The van der Waals surface area contributed by atoms with Crippen LogP contribution in [0.3, 0.4) is 0 Å². The van der Waals surface area contributed by atoms with Gasteiger partial charge in [0.15, 0.2) is 5.69 Å². The summed E-state index contributed by atoms with van der Waals surface area (Å²) in [6, 6.07) is 0.240. The molecule has 1 N–H and O–H groups in total. The molecule has 1 aromatic rings. The van der Waals surface area contributed by atoms with Crippen molar-refractivity contribution in [3.05, 3.63) is 11.4 Å². The highest BCUT2D eigenvalue weighted by Crippen LogP contribution is 2.17. The van der Waals surface area contributed by atoms with E-state index in [1.807, 2.05) is 11.8 Å². The van der Waals surface area contributed by atoms with Crippen molar-refractivity contribution in [3.8, 4) is 0 Å². The van der Waals surface area contributed by atoms with Crippen molar-refractivity contribution >= 4 is 11.9 Å². The molecule has 1 atom stereocenters. The second-order valence-electron chi connectivity index (χ2n) is 4.92. The molecule has 1 aliphatic rings. The Hall–Kier alpha value is -1.92. The third-order valence-corrected chi connectivity index (χ3v) is 3.59. The molecule has 1 aromatic heterocycles. The normalized spacial score (nSPS) is 19.5. The molecule has 1 fully saturated rings. The van der Waals surface area contributed by atoms with E-state index in [-0.39, 0.29) is 24.2 Å². The van der Waals surface area contributed by atoms with Crippen molar-refractivity contribution in [2.75, 3.05) is 6.54 Å². The Morgan fingerprint density at radius 3 is 2.74 bits per heavy atom. The summed E-state index contributed by atoms with van der Waals surface area (Å²) in [6.07, 6.45) is 3.19. The van der Waals surface area contributed by atoms with Crippen LogP contribution < -0.4 is 0 Å². The van der Waals surface area contributed by atoms with Crippen LogP contribution >= 0.6 is 0 Å². The number of hydrogen-bond acceptors (Lipinski definition) is 4. The van der Waals surface area contributed by atoms with E-state index in [4.69, 9.17) is 5.11 Å². The van der Waals surface area contributed by atoms with Gasteiger partial charge in [0.1, 0.15) is 6.54 Å². The summed E-state index contributed by atoms with van der Waals surface area (Å²) in [5.74, 6) is -1.15. The van der Waals surface area contributed by atoms with E-state index in [1.54, 1.807) is 6.92 Å². The second kappa shape index (κ2) is 5.38. The number of amides is 1. The van der Waals surface area contributed by atoms with Crippen LogP contribution in [-0.2, 0) is 11.3 Å². The maximum atomic E-state index is 12.2. The van der Waals surface area contributed by atoms with Gasteiger partial charge in [0.25, 0.3) is 0 Å². The molecular formula is C12H18N4O3. The van der Waals surface area contributed by atoms with Crippen LogP contribution in [0.25, 0.3) is 0 Å². The molecule has 0 spiro atoms. The molecule has 1 unspecified atom stereocenters. The van der Waals surface area contributed by atoms with Gasteiger partial charge in [-0.15, -0.1) is 5.10 Å². The fraction of sp³-hybridized carbons (Fsp3) is 0.667. The second-order valence-corrected chi connectivity index (χ2v) is 4.92. The Morgan fingerprint density at radius 1 is 1.42 bits per heavy atom. The van der Waals surface area contributed by atoms with Gasteiger partial charge in [-0.05, 0) is 33.1 Å². The smallest absolute Gasteiger partial charge is 0.358 e. The van der Waals surface area contributed by atoms with Crippen molar-refractivity contribution in [1.82, 2.24) is 19.9 Å². The van der Waals surface area contributed by atoms with Crippen molar-refractivity contribution in [2.45, 2.75) is 45.7 Å². The number of nitrogens with zero attached hydrogens (tertiary/aromatic N) is 4. The number of likely N-dealkylation sites (tertiary alicyclic amines) is 1. The molecule has 0 bridgehead atoms. The Bertz CT molecular complexity index is 497. The largest absolute Gasteiger partial charge is 0.476 e. The van der Waals surface area contributed by atoms with Crippen molar-refractivity contribution in [2.24, 2.45) is 0 Å². The van der Waals surface area contributed by atoms with Crippen LogP contribution in [0.4, 0.5) is 0 Å². The maximum Gasteiger partial charge on any atom is 0.358 e. The van der Waals surface area contributed by atoms with Crippen LogP contribution in [0.5, 0.6) is 0 Å². The highest BCUT2D eigenvalue weighted by atomic mass is 16.4. The van der Waals surface area contributed by atoms with Crippen LogP contribution in [0, 0.1) is 6.92 Å². The Morgan fingerprint density at radius 2 is 2.16 bits per heavy atom. The summed E-state index contributed by atoms with van der Waals surface area (Å²) >= 11 is 0. The summed E-state index contributed by atoms with van der Waals surface area (Å²) in [6.45, 7) is 4.46. The van der Waals surface area contributed by atoms with Gasteiger partial charge in [0, 0.05) is 12.6 Å². The standard InChI is InChI=1S/C12H18N4O3/c1-8-5-3-4-6-15(8)10(17)7-16-9(2)11(12(18)19)13-14-16/h8H,3-7H2,1-2H3,(H,18,19). The molecule has 2 rings (SSSR count). The fourth-order valence-corrected chi connectivity index (χ4v) is 2.40. The Labute approximate surface area is 111 Å². The first-order valence-electron chi connectivity index (χ1n) is 6.43. The van der Waals surface area contributed by atoms with Gasteiger partial charge >= 0.3 is 5.97 Å². The molecule has 0 radical (unpaired) electrons. The van der Waals surface area contributed by atoms with Gasteiger partial charge in [-0.3, -0.25) is 4.79 Å². The molecule has 1 amide bonds. The van der Waals surface area contributed by atoms with E-state index >= 15 is 0 Å². The first kappa shape index (κ1) is 13.5. The predicted octanol–water partition coefficient (Wildman–Crippen LogP) is 0.686. The van der Waals surface area contributed by atoms with Crippen LogP contribution in [0.15, 0.2) is 0 Å². The molecule has 7 heteroatoms. The van der Waals surface area contributed by atoms with Gasteiger partial charge in [-0.2, -0.15) is 0 Å². The minimum absolute atomic E-state index is 0.0304. The molecule has 104 valence electrons. The topological polar surface area (TPSA) is 88.3 Å². The van der Waals surface area contributed by atoms with E-state index in [2.05, 4.69) is 10.3 Å². The van der Waals surface area contributed by atoms with E-state index in [0.29, 0.717) is 5.69 Å². The van der Waals surface area contributed by atoms with Gasteiger partial charge in [0.2, 0.25) is 5.91 Å². The summed E-state index contributed by atoms with van der Waals surface area (Å²) in [4.78, 5) is 24.9. The summed E-state index contributed by atoms with van der Waals surface area (Å²) < 4.78 is 1.35. The van der Waals surface area contributed by atoms with E-state index < -0.39 is 5.97 Å². The zero-order chi connectivity index (χ0) is 14.0. The zero-order valence-electron chi connectivity index (χ0n) is 11.2. The molecular weight excluding hydrogens is 248 g/mol. The highest BCUT2D eigenvalue weighted by Gasteiger charge is 2.25. The first-order valence-corrected chi connectivity index (χ1v) is 6.43. The molecule has 0 aliphatic carbocycles. The lowest BCUT2D eigenvalue weighted by molar-refractivity contribution is -0.135. The number of carbonyl (C=O) groups excluding carboxylic acids is 1. The highest BCUT2D eigenvalue weighted by molar-refractivity contribution is 5.86. The quantitative estimate of drug-likeness (QED) is 0.869. The number of carboxylic acids is 1. The minimum Gasteiger partial charge on any atom is -0.476 e. The lowest BCUT2D eigenvalue weighted by Gasteiger charge is -2.33. The molecule has 1 saturated heterocycles. The molecule has 0 aromatic carbocycles. The number of aromatic carboxylic acids is 1. The third-order valence-electron chi connectivity index (χ3n) is 3.59. The van der Waals surface area contributed by atoms with E-state index in [9.17, 15) is 9.59 Å². The average molecular weight is 266 g/mol. The van der Waals surface area contributed by atoms with Crippen molar-refractivity contribution in [1.29, 1.82) is 0 Å². The summed E-state index contributed by atoms with van der Waals surface area (Å²) in [5, 5.41) is 16.2. The first-order chi connectivity index (χ1) is 9.00. The maximum absolute atomic E-state index is 12.2. The zero-order valence-corrected chi connectivity index (χ0v) is 11.2. The number of carboxylic acid groups (broad SMARTS) is 1. The monoisotopic (exact) mass is 266 g/mol. The lowest BCUT2D eigenvalue weighted by Crippen LogP contribution is -2.43. The predicted molar refractivity (Wildman–Crippen MR) is 66.7 cm³/mol. The lowest BCUT2D eigenvalue weighted by atomic mass is 10.0. The summed E-state index contributed by atoms with van der Waals surface area (Å²) in [5.41, 5.74) is 0.310. The van der Waals surface area contributed by atoms with Crippen LogP contribution in [0.1, 0.15) is 42.4 Å². The molecule has 2 heterocycles. The molecule has 7 nitrogen and oxygen atoms in total. The van der Waals surface area contributed by atoms with Crippen LogP contribution in [-0.4, -0.2) is 49.5 Å². The van der Waals surface area contributed by atoms with Gasteiger partial charge in [0.05, 0.1) is 5.69 Å². The number of rotatable bonds is 3. The fourth-order valence-electron chi connectivity index (χ4n) is 2.40. The Balaban J connectivity index is 2.08. The third kappa shape index (κ3) is 2.74. The number of carbonyl (C=O) groups is 2. The molecule has 19 heavy (non-hydrogen) atoms. The van der Waals surface area contributed by atoms with E-state index in [0.717, 1.165) is 25.8 Å². The number of hydrogen-bond donors (Lipinski definition) is 1.